The highest BCUT2D eigenvalue weighted by Crippen LogP contribution is 2.29. The lowest BCUT2D eigenvalue weighted by atomic mass is 10.2. The van der Waals surface area contributed by atoms with Crippen LogP contribution in [-0.4, -0.2) is 31.7 Å². The summed E-state index contributed by atoms with van der Waals surface area (Å²) >= 11 is 1.42. The van der Waals surface area contributed by atoms with Crippen molar-refractivity contribution < 1.29 is 4.79 Å². The smallest absolute Gasteiger partial charge is 0.160 e. The normalized spacial score (nSPS) is 11.6. The number of allylic oxidation sites excluding steroid dienone is 4. The van der Waals surface area contributed by atoms with Crippen LogP contribution in [0, 0.1) is 0 Å². The van der Waals surface area contributed by atoms with Crippen molar-refractivity contribution in [2.45, 2.75) is 19.8 Å². The molecule has 0 spiro atoms. The maximum atomic E-state index is 10.6. The number of aldehydes is 1. The molecular weight excluding hydrogens is 344 g/mol. The molecular formula is C20H26N4OS. The number of hydrogen-bond donors (Lipinski definition) is 1. The zero-order valence-corrected chi connectivity index (χ0v) is 16.4. The quantitative estimate of drug-likeness (QED) is 0.255. The number of nitrogens with two attached hydrogens (primary N) is 1. The van der Waals surface area contributed by atoms with Crippen LogP contribution in [0.3, 0.4) is 0 Å². The van der Waals surface area contributed by atoms with E-state index in [0.29, 0.717) is 0 Å². The molecule has 0 radical (unpaired) electrons. The van der Waals surface area contributed by atoms with E-state index in [0.717, 1.165) is 45.6 Å². The van der Waals surface area contributed by atoms with Crippen LogP contribution < -0.4 is 10.6 Å². The second-order valence-corrected chi connectivity index (χ2v) is 6.51. The van der Waals surface area contributed by atoms with Gasteiger partial charge in [-0.3, -0.25) is 4.79 Å². The molecule has 0 saturated heterocycles. The topological polar surface area (TPSA) is 71.6 Å². The molecule has 2 aromatic rings. The fourth-order valence-corrected chi connectivity index (χ4v) is 2.97. The summed E-state index contributed by atoms with van der Waals surface area (Å²) in [6.07, 6.45) is 13.6. The standard InChI is InChI=1S/C10H10N2OS.C10H16N2/c1-12(2)9-3-4-11-10-8(9)5-7(6-13)14-10;1-3-5-6-8-10(7-4-2)12-9-11/h3-6H,1-2H3;3,6-9H,1,4-5H2,2H3,(H2,11,12)/b;8-6-,10-7+. The third kappa shape index (κ3) is 6.64. The van der Waals surface area contributed by atoms with Gasteiger partial charge < -0.3 is 10.6 Å². The molecule has 2 heterocycles. The number of aromatic nitrogens is 1. The monoisotopic (exact) mass is 370 g/mol. The van der Waals surface area contributed by atoms with Gasteiger partial charge in [-0.2, -0.15) is 0 Å². The lowest BCUT2D eigenvalue weighted by Gasteiger charge is -2.12. The van der Waals surface area contributed by atoms with Crippen molar-refractivity contribution in [3.8, 4) is 0 Å². The van der Waals surface area contributed by atoms with E-state index in [9.17, 15) is 4.79 Å². The number of pyridine rings is 1. The first kappa shape index (κ1) is 21.3. The molecule has 0 aliphatic heterocycles. The molecule has 0 unspecified atom stereocenters. The number of anilines is 1. The number of hydrogen-bond acceptors (Lipinski definition) is 5. The Morgan fingerprint density at radius 2 is 2.23 bits per heavy atom. The lowest BCUT2D eigenvalue weighted by Crippen LogP contribution is -2.08. The number of thiophene rings is 1. The van der Waals surface area contributed by atoms with Crippen LogP contribution in [0.25, 0.3) is 10.2 Å². The lowest BCUT2D eigenvalue weighted by molar-refractivity contribution is 0.112. The Bertz CT molecular complexity index is 803. The van der Waals surface area contributed by atoms with E-state index < -0.39 is 0 Å². The van der Waals surface area contributed by atoms with Crippen molar-refractivity contribution in [3.63, 3.8) is 0 Å². The summed E-state index contributed by atoms with van der Waals surface area (Å²) in [4.78, 5) is 22.5. The number of carbonyl (C=O) groups excluding carboxylic acids is 1. The number of fused-ring (bicyclic) bond motifs is 1. The Morgan fingerprint density at radius 1 is 1.46 bits per heavy atom. The first-order valence-electron chi connectivity index (χ1n) is 8.30. The van der Waals surface area contributed by atoms with Crippen LogP contribution in [0.2, 0.25) is 0 Å². The van der Waals surface area contributed by atoms with Gasteiger partial charge in [0.05, 0.1) is 16.9 Å². The summed E-state index contributed by atoms with van der Waals surface area (Å²) in [7, 11) is 3.96. The molecule has 2 rings (SSSR count). The maximum Gasteiger partial charge on any atom is 0.160 e. The molecule has 2 N–H and O–H groups in total. The highest BCUT2D eigenvalue weighted by atomic mass is 32.1. The van der Waals surface area contributed by atoms with Gasteiger partial charge in [0.2, 0.25) is 0 Å². The molecule has 2 aromatic heterocycles. The average molecular weight is 371 g/mol. The molecule has 0 fully saturated rings. The van der Waals surface area contributed by atoms with Gasteiger partial charge in [-0.15, -0.1) is 17.9 Å². The molecule has 26 heavy (non-hydrogen) atoms. The number of rotatable bonds is 7. The van der Waals surface area contributed by atoms with Crippen molar-refractivity contribution >= 4 is 39.9 Å². The summed E-state index contributed by atoms with van der Waals surface area (Å²) in [6.45, 7) is 5.68. The Kier molecular flexibility index (Phi) is 9.64. The van der Waals surface area contributed by atoms with Crippen LogP contribution in [0.5, 0.6) is 0 Å². The van der Waals surface area contributed by atoms with Crippen molar-refractivity contribution in [3.05, 3.63) is 59.8 Å². The number of nitrogens with zero attached hydrogens (tertiary/aromatic N) is 3. The van der Waals surface area contributed by atoms with Crippen LogP contribution >= 0.6 is 11.3 Å². The van der Waals surface area contributed by atoms with Crippen molar-refractivity contribution in [2.24, 2.45) is 10.7 Å². The van der Waals surface area contributed by atoms with Crippen LogP contribution in [0.4, 0.5) is 5.69 Å². The largest absolute Gasteiger partial charge is 0.390 e. The minimum atomic E-state index is 0.724. The first-order valence-corrected chi connectivity index (χ1v) is 9.11. The Labute approximate surface area is 159 Å². The van der Waals surface area contributed by atoms with E-state index in [1.54, 1.807) is 6.20 Å². The van der Waals surface area contributed by atoms with E-state index in [-0.39, 0.29) is 0 Å². The zero-order valence-electron chi connectivity index (χ0n) is 15.6. The minimum Gasteiger partial charge on any atom is -0.390 e. The van der Waals surface area contributed by atoms with E-state index in [1.165, 1.54) is 17.7 Å². The van der Waals surface area contributed by atoms with Gasteiger partial charge in [0.15, 0.2) is 6.29 Å². The highest BCUT2D eigenvalue weighted by Gasteiger charge is 2.07. The SMILES string of the molecule is C=CC/C=C\C(=C/CC)N=CN.CN(C)c1ccnc2sc(C=O)cc12. The van der Waals surface area contributed by atoms with Gasteiger partial charge >= 0.3 is 0 Å². The van der Waals surface area contributed by atoms with Crippen molar-refractivity contribution in [1.29, 1.82) is 0 Å². The molecule has 6 heteroatoms. The van der Waals surface area contributed by atoms with Gasteiger partial charge in [-0.25, -0.2) is 9.98 Å². The van der Waals surface area contributed by atoms with Crippen LogP contribution in [0.1, 0.15) is 29.4 Å². The number of carbonyl (C=O) groups is 1. The Morgan fingerprint density at radius 3 is 2.81 bits per heavy atom. The minimum absolute atomic E-state index is 0.724. The summed E-state index contributed by atoms with van der Waals surface area (Å²) in [6, 6.07) is 3.83. The molecule has 0 aliphatic carbocycles. The molecule has 0 amide bonds. The van der Waals surface area contributed by atoms with Crippen LogP contribution in [-0.2, 0) is 0 Å². The highest BCUT2D eigenvalue weighted by molar-refractivity contribution is 7.20. The predicted molar refractivity (Wildman–Crippen MR) is 114 cm³/mol. The summed E-state index contributed by atoms with van der Waals surface area (Å²) in [5, 5.41) is 1.05. The maximum absolute atomic E-state index is 10.6. The average Bonchev–Trinajstić information content (AvgIpc) is 3.06. The molecule has 0 atom stereocenters. The first-order chi connectivity index (χ1) is 12.6. The molecule has 0 saturated carbocycles. The second kappa shape index (κ2) is 11.8. The molecule has 0 bridgehead atoms. The fraction of sp³-hybridized carbons (Fsp3) is 0.250. The van der Waals surface area contributed by atoms with E-state index in [1.807, 2.05) is 55.4 Å². The molecule has 0 aliphatic rings. The molecule has 138 valence electrons. The molecule has 5 nitrogen and oxygen atoms in total. The van der Waals surface area contributed by atoms with Crippen LogP contribution in [0.15, 0.2) is 59.9 Å². The van der Waals surface area contributed by atoms with E-state index in [2.05, 4.69) is 23.5 Å². The third-order valence-electron chi connectivity index (χ3n) is 3.26. The number of aliphatic imine (C=N–C) groups is 1. The van der Waals surface area contributed by atoms with Gasteiger partial charge in [0.1, 0.15) is 4.83 Å². The van der Waals surface area contributed by atoms with Gasteiger partial charge in [-0.05, 0) is 31.1 Å². The molecule has 0 aromatic carbocycles. The Hall–Kier alpha value is -2.73. The Balaban J connectivity index is 0.000000265. The third-order valence-corrected chi connectivity index (χ3v) is 4.23. The fourth-order valence-electron chi connectivity index (χ4n) is 2.14. The summed E-state index contributed by atoms with van der Waals surface area (Å²) in [5.74, 6) is 0. The van der Waals surface area contributed by atoms with E-state index in [4.69, 9.17) is 5.73 Å². The van der Waals surface area contributed by atoms with E-state index >= 15 is 0 Å². The van der Waals surface area contributed by atoms with Gasteiger partial charge in [-0.1, -0.05) is 25.2 Å². The van der Waals surface area contributed by atoms with Gasteiger partial charge in [0, 0.05) is 31.4 Å². The van der Waals surface area contributed by atoms with Crippen molar-refractivity contribution in [2.75, 3.05) is 19.0 Å². The zero-order chi connectivity index (χ0) is 19.4. The summed E-state index contributed by atoms with van der Waals surface area (Å²) < 4.78 is 0. The second-order valence-electron chi connectivity index (χ2n) is 5.45. The predicted octanol–water partition coefficient (Wildman–Crippen LogP) is 4.57. The van der Waals surface area contributed by atoms with Gasteiger partial charge in [0.25, 0.3) is 0 Å². The van der Waals surface area contributed by atoms with Crippen molar-refractivity contribution in [1.82, 2.24) is 4.98 Å². The summed E-state index contributed by atoms with van der Waals surface area (Å²) in [5.41, 5.74) is 7.18.